The normalized spacial score (nSPS) is 12.0. The van der Waals surface area contributed by atoms with Crippen LogP contribution in [0.15, 0.2) is 65.4 Å². The molecule has 3 aromatic rings. The van der Waals surface area contributed by atoms with E-state index in [0.29, 0.717) is 5.76 Å². The summed E-state index contributed by atoms with van der Waals surface area (Å²) >= 11 is 0. The first-order valence-corrected chi connectivity index (χ1v) is 7.08. The molecule has 1 unspecified atom stereocenters. The average Bonchev–Trinajstić information content (AvgIpc) is 3.18. The number of furan rings is 1. The van der Waals surface area contributed by atoms with E-state index in [9.17, 15) is 4.79 Å². The van der Waals surface area contributed by atoms with Gasteiger partial charge in [0.15, 0.2) is 0 Å². The summed E-state index contributed by atoms with van der Waals surface area (Å²) in [4.78, 5) is 12.3. The van der Waals surface area contributed by atoms with Crippen molar-refractivity contribution in [3.63, 3.8) is 0 Å². The molecule has 0 aliphatic heterocycles. The molecule has 0 aliphatic rings. The molecule has 0 aliphatic carbocycles. The topological polar surface area (TPSA) is 60.1 Å². The Morgan fingerprint density at radius 2 is 2.05 bits per heavy atom. The van der Waals surface area contributed by atoms with Crippen molar-refractivity contribution in [2.75, 3.05) is 0 Å². The van der Waals surface area contributed by atoms with Crippen LogP contribution >= 0.6 is 0 Å². The van der Waals surface area contributed by atoms with Gasteiger partial charge in [0.05, 0.1) is 18.4 Å². The van der Waals surface area contributed by atoms with E-state index < -0.39 is 0 Å². The lowest BCUT2D eigenvalue weighted by molar-refractivity contribution is -0.121. The highest BCUT2D eigenvalue weighted by molar-refractivity contribution is 5.79. The van der Waals surface area contributed by atoms with Crippen LogP contribution in [0.25, 0.3) is 0 Å². The standard InChI is InChI=1S/C17H17N3O2/c1-20-10-9-14(19-20)12-16(21)18-17(15-8-5-11-22-15)13-6-3-2-4-7-13/h2-11,17H,12H2,1H3,(H,18,21). The van der Waals surface area contributed by atoms with Crippen LogP contribution in [0.1, 0.15) is 23.1 Å². The second-order valence-electron chi connectivity index (χ2n) is 5.08. The predicted octanol–water partition coefficient (Wildman–Crippen LogP) is 2.46. The lowest BCUT2D eigenvalue weighted by atomic mass is 10.0. The molecule has 1 atom stereocenters. The highest BCUT2D eigenvalue weighted by Gasteiger charge is 2.19. The summed E-state index contributed by atoms with van der Waals surface area (Å²) in [6.07, 6.45) is 3.67. The van der Waals surface area contributed by atoms with Crippen molar-refractivity contribution >= 4 is 5.91 Å². The molecule has 0 saturated carbocycles. The molecule has 0 spiro atoms. The summed E-state index contributed by atoms with van der Waals surface area (Å²) < 4.78 is 7.16. The zero-order valence-corrected chi connectivity index (χ0v) is 12.3. The van der Waals surface area contributed by atoms with Gasteiger partial charge in [-0.15, -0.1) is 0 Å². The average molecular weight is 295 g/mol. The van der Waals surface area contributed by atoms with Gasteiger partial charge >= 0.3 is 0 Å². The van der Waals surface area contributed by atoms with E-state index in [1.807, 2.05) is 61.8 Å². The van der Waals surface area contributed by atoms with Crippen LogP contribution < -0.4 is 5.32 Å². The van der Waals surface area contributed by atoms with Gasteiger partial charge in [-0.1, -0.05) is 30.3 Å². The third kappa shape index (κ3) is 3.25. The fourth-order valence-corrected chi connectivity index (χ4v) is 2.35. The Bertz CT molecular complexity index is 732. The molecule has 5 nitrogen and oxygen atoms in total. The summed E-state index contributed by atoms with van der Waals surface area (Å²) in [7, 11) is 1.83. The second-order valence-corrected chi connectivity index (χ2v) is 5.08. The molecule has 22 heavy (non-hydrogen) atoms. The SMILES string of the molecule is Cn1ccc(CC(=O)NC(c2ccccc2)c2ccco2)n1. The van der Waals surface area contributed by atoms with Crippen molar-refractivity contribution in [2.24, 2.45) is 7.05 Å². The van der Waals surface area contributed by atoms with Gasteiger partial charge in [-0.05, 0) is 23.8 Å². The molecule has 5 heteroatoms. The van der Waals surface area contributed by atoms with Gasteiger partial charge in [0.25, 0.3) is 0 Å². The van der Waals surface area contributed by atoms with Crippen molar-refractivity contribution in [1.82, 2.24) is 15.1 Å². The Labute approximate surface area is 128 Å². The van der Waals surface area contributed by atoms with Crippen LogP contribution in [0.3, 0.4) is 0 Å². The summed E-state index contributed by atoms with van der Waals surface area (Å²) in [5.74, 6) is 0.615. The van der Waals surface area contributed by atoms with Gasteiger partial charge in [-0.25, -0.2) is 0 Å². The molecular weight excluding hydrogens is 278 g/mol. The number of carbonyl (C=O) groups is 1. The Balaban J connectivity index is 1.77. The van der Waals surface area contributed by atoms with Crippen LogP contribution in [-0.2, 0) is 18.3 Å². The lowest BCUT2D eigenvalue weighted by Crippen LogP contribution is -2.30. The van der Waals surface area contributed by atoms with Gasteiger partial charge in [0.2, 0.25) is 5.91 Å². The molecule has 0 radical (unpaired) electrons. The smallest absolute Gasteiger partial charge is 0.226 e. The monoisotopic (exact) mass is 295 g/mol. The van der Waals surface area contributed by atoms with Gasteiger partial charge in [0.1, 0.15) is 11.8 Å². The van der Waals surface area contributed by atoms with E-state index in [2.05, 4.69) is 10.4 Å². The minimum atomic E-state index is -0.299. The number of aromatic nitrogens is 2. The number of hydrogen-bond donors (Lipinski definition) is 1. The number of carbonyl (C=O) groups excluding carboxylic acids is 1. The van der Waals surface area contributed by atoms with Crippen molar-refractivity contribution < 1.29 is 9.21 Å². The van der Waals surface area contributed by atoms with Crippen molar-refractivity contribution in [3.05, 3.63) is 78.0 Å². The van der Waals surface area contributed by atoms with Crippen molar-refractivity contribution in [1.29, 1.82) is 0 Å². The number of nitrogens with one attached hydrogen (secondary N) is 1. The van der Waals surface area contributed by atoms with E-state index in [0.717, 1.165) is 11.3 Å². The van der Waals surface area contributed by atoms with Crippen LogP contribution in [0, 0.1) is 0 Å². The maximum absolute atomic E-state index is 12.3. The van der Waals surface area contributed by atoms with Gasteiger partial charge < -0.3 is 9.73 Å². The highest BCUT2D eigenvalue weighted by Crippen LogP contribution is 2.22. The van der Waals surface area contributed by atoms with E-state index in [4.69, 9.17) is 4.42 Å². The number of rotatable bonds is 5. The van der Waals surface area contributed by atoms with Crippen LogP contribution in [0.2, 0.25) is 0 Å². The Morgan fingerprint density at radius 3 is 2.68 bits per heavy atom. The van der Waals surface area contributed by atoms with Crippen LogP contribution in [0.4, 0.5) is 0 Å². The summed E-state index contributed by atoms with van der Waals surface area (Å²) in [5, 5.41) is 7.24. The summed E-state index contributed by atoms with van der Waals surface area (Å²) in [6.45, 7) is 0. The third-order valence-electron chi connectivity index (χ3n) is 3.38. The Hall–Kier alpha value is -2.82. The predicted molar refractivity (Wildman–Crippen MR) is 82.0 cm³/mol. The van der Waals surface area contributed by atoms with Crippen molar-refractivity contribution in [3.8, 4) is 0 Å². The molecule has 3 rings (SSSR count). The fraction of sp³-hybridized carbons (Fsp3) is 0.176. The van der Waals surface area contributed by atoms with Crippen molar-refractivity contribution in [2.45, 2.75) is 12.5 Å². The lowest BCUT2D eigenvalue weighted by Gasteiger charge is -2.17. The van der Waals surface area contributed by atoms with Gasteiger partial charge in [-0.3, -0.25) is 9.48 Å². The van der Waals surface area contributed by atoms with Gasteiger partial charge in [0, 0.05) is 13.2 Å². The minimum Gasteiger partial charge on any atom is -0.467 e. The largest absolute Gasteiger partial charge is 0.467 e. The van der Waals surface area contributed by atoms with Crippen LogP contribution in [-0.4, -0.2) is 15.7 Å². The first kappa shape index (κ1) is 14.1. The zero-order valence-electron chi connectivity index (χ0n) is 12.3. The quantitative estimate of drug-likeness (QED) is 0.786. The first-order chi connectivity index (χ1) is 10.7. The number of benzene rings is 1. The summed E-state index contributed by atoms with van der Waals surface area (Å²) in [5.41, 5.74) is 1.72. The number of nitrogens with zero attached hydrogens (tertiary/aromatic N) is 2. The van der Waals surface area contributed by atoms with E-state index in [-0.39, 0.29) is 18.4 Å². The van der Waals surface area contributed by atoms with E-state index in [1.54, 1.807) is 10.9 Å². The number of hydrogen-bond acceptors (Lipinski definition) is 3. The molecular formula is C17H17N3O2. The minimum absolute atomic E-state index is 0.0936. The molecule has 112 valence electrons. The zero-order chi connectivity index (χ0) is 15.4. The van der Waals surface area contributed by atoms with Crippen LogP contribution in [0.5, 0.6) is 0 Å². The number of amides is 1. The third-order valence-corrected chi connectivity index (χ3v) is 3.38. The molecule has 1 N–H and O–H groups in total. The summed E-state index contributed by atoms with van der Waals surface area (Å²) in [6, 6.07) is 15.0. The van der Waals surface area contributed by atoms with E-state index in [1.165, 1.54) is 0 Å². The first-order valence-electron chi connectivity index (χ1n) is 7.08. The molecule has 2 aromatic heterocycles. The Kier molecular flexibility index (Phi) is 4.05. The Morgan fingerprint density at radius 1 is 1.23 bits per heavy atom. The maximum Gasteiger partial charge on any atom is 0.226 e. The van der Waals surface area contributed by atoms with Gasteiger partial charge in [-0.2, -0.15) is 5.10 Å². The fourth-order valence-electron chi connectivity index (χ4n) is 2.35. The molecule has 0 fully saturated rings. The molecule has 2 heterocycles. The molecule has 1 aromatic carbocycles. The highest BCUT2D eigenvalue weighted by atomic mass is 16.3. The second kappa shape index (κ2) is 6.30. The number of aryl methyl sites for hydroxylation is 1. The molecule has 1 amide bonds. The van der Waals surface area contributed by atoms with E-state index >= 15 is 0 Å². The maximum atomic E-state index is 12.3. The molecule has 0 bridgehead atoms. The molecule has 0 saturated heterocycles.